The van der Waals surface area contributed by atoms with Crippen molar-refractivity contribution in [3.05, 3.63) is 30.0 Å². The zero-order valence-corrected chi connectivity index (χ0v) is 7.87. The number of aromatic amines is 1. The Bertz CT molecular complexity index is 553. The van der Waals surface area contributed by atoms with Gasteiger partial charge in [0.1, 0.15) is 8.57 Å². The topological polar surface area (TPSA) is 51.0 Å². The average molecular weight is 194 g/mol. The maximum absolute atomic E-state index is 7.60. The smallest absolute Gasteiger partial charge is 0.119 e. The average Bonchev–Trinajstić information content (AvgIpc) is 2.71. The number of ether oxygens (including phenoxy) is 1. The third-order valence-corrected chi connectivity index (χ3v) is 2.24. The lowest BCUT2D eigenvalue weighted by molar-refractivity contribution is 0.415. The first-order valence-corrected chi connectivity index (χ1v) is 4.36. The quantitative estimate of drug-likeness (QED) is 0.778. The Morgan fingerprint density at radius 1 is 1.64 bits per heavy atom. The van der Waals surface area contributed by atoms with E-state index in [1.807, 2.05) is 18.2 Å². The summed E-state index contributed by atoms with van der Waals surface area (Å²) in [5.74, 6) is 0.692. The van der Waals surface area contributed by atoms with E-state index in [-0.39, 0.29) is 12.1 Å². The fourth-order valence-electron chi connectivity index (χ4n) is 1.52. The Hall–Kier alpha value is -1.48. The number of hydrogen-bond acceptors (Lipinski definition) is 2. The van der Waals surface area contributed by atoms with Gasteiger partial charge in [-0.3, -0.25) is 0 Å². The van der Waals surface area contributed by atoms with E-state index in [4.69, 9.17) is 10.3 Å². The molecule has 0 aliphatic heterocycles. The van der Waals surface area contributed by atoms with Crippen molar-refractivity contribution in [2.24, 2.45) is 5.72 Å². The zero-order valence-electron chi connectivity index (χ0n) is 11.9. The molecule has 74 valence electrons. The summed E-state index contributed by atoms with van der Waals surface area (Å²) in [6.07, 6.45) is 1.67. The van der Waals surface area contributed by atoms with Crippen LogP contribution in [0.5, 0.6) is 5.75 Å². The molecule has 0 unspecified atom stereocenters. The molecule has 2 aromatic rings. The maximum atomic E-state index is 7.60. The molecule has 2 rings (SSSR count). The van der Waals surface area contributed by atoms with Gasteiger partial charge < -0.3 is 15.4 Å². The summed E-state index contributed by atoms with van der Waals surface area (Å²) in [5, 5.41) is 0.847. The summed E-state index contributed by atoms with van der Waals surface area (Å²) < 4.78 is 34.5. The Morgan fingerprint density at radius 3 is 3.36 bits per heavy atom. The number of nitrogens with one attached hydrogen (secondary N) is 1. The molecule has 0 radical (unpaired) electrons. The summed E-state index contributed by atoms with van der Waals surface area (Å²) in [4.78, 5) is 3.04. The molecule has 0 aliphatic carbocycles. The number of fused-ring (bicyclic) bond motifs is 1. The number of aromatic nitrogens is 1. The highest BCUT2D eigenvalue weighted by Gasteiger charge is 2.03. The number of hydrogen-bond donors (Lipinski definition) is 2. The number of aryl methyl sites for hydroxylation is 1. The van der Waals surface area contributed by atoms with E-state index in [2.05, 4.69) is 4.98 Å². The van der Waals surface area contributed by atoms with Gasteiger partial charge in [-0.15, -0.1) is 0 Å². The summed E-state index contributed by atoms with van der Waals surface area (Å²) in [6.45, 7) is -2.03. The monoisotopic (exact) mass is 194 g/mol. The van der Waals surface area contributed by atoms with E-state index in [0.717, 1.165) is 16.5 Å². The first-order valence-electron chi connectivity index (χ1n) is 6.25. The molecule has 1 aromatic carbocycles. The van der Waals surface area contributed by atoms with Gasteiger partial charge in [-0.2, -0.15) is 0 Å². The van der Waals surface area contributed by atoms with Gasteiger partial charge in [-0.1, -0.05) is 0 Å². The van der Waals surface area contributed by atoms with Crippen LogP contribution in [0.25, 0.3) is 10.9 Å². The van der Waals surface area contributed by atoms with Crippen molar-refractivity contribution < 1.29 is 10.3 Å². The predicted molar refractivity (Wildman–Crippen MR) is 57.6 cm³/mol. The van der Waals surface area contributed by atoms with Crippen LogP contribution in [0, 0.1) is 0 Å². The SMILES string of the molecule is [2H]N([2H])C([2H])([2H])Cc1c[nH]c2ccc(OC)cc12. The van der Waals surface area contributed by atoms with Gasteiger partial charge in [-0.05, 0) is 36.7 Å². The molecule has 3 N–H and O–H groups in total. The third-order valence-electron chi connectivity index (χ3n) is 2.24. The number of H-pyrrole nitrogens is 1. The van der Waals surface area contributed by atoms with Crippen LogP contribution in [-0.4, -0.2) is 18.6 Å². The summed E-state index contributed by atoms with van der Waals surface area (Å²) >= 11 is 0. The van der Waals surface area contributed by atoms with Crippen molar-refractivity contribution >= 4 is 10.9 Å². The highest BCUT2D eigenvalue weighted by atomic mass is 16.5. The minimum Gasteiger partial charge on any atom is -0.497 e. The van der Waals surface area contributed by atoms with Gasteiger partial charge in [0.15, 0.2) is 0 Å². The second-order valence-electron chi connectivity index (χ2n) is 3.06. The largest absolute Gasteiger partial charge is 0.497 e. The van der Waals surface area contributed by atoms with E-state index in [1.54, 1.807) is 13.3 Å². The lowest BCUT2D eigenvalue weighted by Crippen LogP contribution is -2.01. The highest BCUT2D eigenvalue weighted by Crippen LogP contribution is 2.23. The number of methoxy groups -OCH3 is 1. The number of benzene rings is 1. The highest BCUT2D eigenvalue weighted by molar-refractivity contribution is 5.84. The van der Waals surface area contributed by atoms with Crippen LogP contribution in [0.2, 0.25) is 2.82 Å². The van der Waals surface area contributed by atoms with Gasteiger partial charge in [0.2, 0.25) is 0 Å². The molecule has 0 saturated carbocycles. The van der Waals surface area contributed by atoms with Crippen LogP contribution < -0.4 is 10.5 Å². The number of nitrogens with two attached hydrogens (primary N) is 1. The van der Waals surface area contributed by atoms with Crippen molar-refractivity contribution in [3.63, 3.8) is 0 Å². The molecule has 0 amide bonds. The molecule has 0 atom stereocenters. The normalized spacial score (nSPS) is 16.1. The lowest BCUT2D eigenvalue weighted by atomic mass is 10.1. The molecule has 1 heterocycles. The van der Waals surface area contributed by atoms with Crippen LogP contribution in [-0.2, 0) is 6.42 Å². The van der Waals surface area contributed by atoms with Gasteiger partial charge in [0.05, 0.1) is 7.11 Å². The first kappa shape index (κ1) is 5.41. The van der Waals surface area contributed by atoms with Crippen molar-refractivity contribution in [2.45, 2.75) is 6.42 Å². The fraction of sp³-hybridized carbons (Fsp3) is 0.273. The number of rotatable bonds is 4. The summed E-state index contributed by atoms with van der Waals surface area (Å²) in [6, 6.07) is 5.49. The molecule has 0 aliphatic rings. The van der Waals surface area contributed by atoms with Gasteiger partial charge in [0.25, 0.3) is 0 Å². The Morgan fingerprint density at radius 2 is 2.57 bits per heavy atom. The van der Waals surface area contributed by atoms with E-state index in [1.165, 1.54) is 0 Å². The Labute approximate surface area is 88.6 Å². The maximum Gasteiger partial charge on any atom is 0.119 e. The van der Waals surface area contributed by atoms with Crippen LogP contribution in [0.3, 0.4) is 0 Å². The minimum atomic E-state index is -2.03. The standard InChI is InChI=1S/C11H14N2O/c1-14-9-2-3-11-10(6-9)8(4-5-12)7-13-11/h2-3,6-7,13H,4-5,12H2,1H3/i5D2/hD2. The zero-order chi connectivity index (χ0) is 13.3. The molecule has 3 nitrogen and oxygen atoms in total. The molecule has 3 heteroatoms. The van der Waals surface area contributed by atoms with Gasteiger partial charge in [0, 0.05) is 19.8 Å². The second kappa shape index (κ2) is 3.72. The predicted octanol–water partition coefficient (Wildman–Crippen LogP) is 1.68. The molecular weight excluding hydrogens is 176 g/mol. The van der Waals surface area contributed by atoms with Crippen molar-refractivity contribution in [1.82, 2.24) is 4.98 Å². The van der Waals surface area contributed by atoms with E-state index < -0.39 is 6.50 Å². The van der Waals surface area contributed by atoms with Crippen LogP contribution >= 0.6 is 0 Å². The van der Waals surface area contributed by atoms with E-state index >= 15 is 0 Å². The fourth-order valence-corrected chi connectivity index (χ4v) is 1.52. The molecule has 1 aromatic heterocycles. The lowest BCUT2D eigenvalue weighted by Gasteiger charge is -2.00. The minimum absolute atomic E-state index is 0.0346. The summed E-state index contributed by atoms with van der Waals surface area (Å²) in [5.41, 5.74) is 1.69. The van der Waals surface area contributed by atoms with Crippen molar-refractivity contribution in [2.75, 3.05) is 13.6 Å². The van der Waals surface area contributed by atoms with Crippen molar-refractivity contribution in [1.29, 1.82) is 0 Å². The van der Waals surface area contributed by atoms with Crippen LogP contribution in [0.4, 0.5) is 0 Å². The molecule has 14 heavy (non-hydrogen) atoms. The second-order valence-corrected chi connectivity index (χ2v) is 3.06. The van der Waals surface area contributed by atoms with Crippen LogP contribution in [0.1, 0.15) is 8.30 Å². The third kappa shape index (κ3) is 1.46. The molecule has 0 spiro atoms. The summed E-state index contributed by atoms with van der Waals surface area (Å²) in [7, 11) is 1.57. The van der Waals surface area contributed by atoms with E-state index in [0.29, 0.717) is 5.75 Å². The molecular formula is C11H14N2O. The molecule has 0 bridgehead atoms. The first-order chi connectivity index (χ1) is 8.44. The van der Waals surface area contributed by atoms with Gasteiger partial charge >= 0.3 is 0 Å². The molecule has 0 fully saturated rings. The van der Waals surface area contributed by atoms with Crippen molar-refractivity contribution in [3.8, 4) is 5.75 Å². The van der Waals surface area contributed by atoms with Gasteiger partial charge in [-0.25, -0.2) is 0 Å². The van der Waals surface area contributed by atoms with E-state index in [9.17, 15) is 0 Å². The van der Waals surface area contributed by atoms with Crippen LogP contribution in [0.15, 0.2) is 24.4 Å². The Balaban J connectivity index is 2.39. The Kier molecular flexibility index (Phi) is 1.44. The molecule has 0 saturated heterocycles.